The third kappa shape index (κ3) is 7.54. The Bertz CT molecular complexity index is 1220. The zero-order valence-corrected chi connectivity index (χ0v) is 23.5. The van der Waals surface area contributed by atoms with Gasteiger partial charge in [0.2, 0.25) is 10.0 Å². The average Bonchev–Trinajstić information content (AvgIpc) is 2.86. The van der Waals surface area contributed by atoms with Gasteiger partial charge in [0.05, 0.1) is 16.3 Å². The molecule has 2 fully saturated rings. The van der Waals surface area contributed by atoms with Crippen LogP contribution >= 0.6 is 23.2 Å². The number of hydrogen-bond acceptors (Lipinski definition) is 7. The molecular weight excluding hydrogens is 535 g/mol. The monoisotopic (exact) mass is 568 g/mol. The van der Waals surface area contributed by atoms with Crippen LogP contribution in [0.5, 0.6) is 0 Å². The number of carbonyl (C=O) groups excluding carboxylic acids is 1. The zero-order chi connectivity index (χ0) is 26.6. The number of nitrogens with one attached hydrogen (secondary N) is 2. The van der Waals surface area contributed by atoms with E-state index in [4.69, 9.17) is 23.2 Å². The van der Waals surface area contributed by atoms with Gasteiger partial charge in [-0.25, -0.2) is 23.1 Å². The van der Waals surface area contributed by atoms with Crippen molar-refractivity contribution in [2.45, 2.75) is 51.1 Å². The van der Waals surface area contributed by atoms with Crippen LogP contribution in [0.25, 0.3) is 0 Å². The fourth-order valence-corrected chi connectivity index (χ4v) is 6.30. The molecule has 2 aliphatic rings. The second-order valence-electron chi connectivity index (χ2n) is 9.87. The van der Waals surface area contributed by atoms with E-state index in [0.29, 0.717) is 53.8 Å². The van der Waals surface area contributed by atoms with Crippen molar-refractivity contribution >= 4 is 45.0 Å². The lowest BCUT2D eigenvalue weighted by Gasteiger charge is -2.42. The number of amides is 1. The normalized spacial score (nSPS) is 19.7. The molecule has 202 valence electrons. The van der Waals surface area contributed by atoms with E-state index in [1.165, 1.54) is 12.6 Å². The zero-order valence-electron chi connectivity index (χ0n) is 21.2. The van der Waals surface area contributed by atoms with Gasteiger partial charge in [-0.2, -0.15) is 0 Å². The van der Waals surface area contributed by atoms with Gasteiger partial charge in [0.25, 0.3) is 5.91 Å². The van der Waals surface area contributed by atoms with Crippen molar-refractivity contribution in [1.82, 2.24) is 24.5 Å². The SMILES string of the molecule is Cc1c(NCCc2ccc(Cl)c(Cl)c2)ncnc1C(=O)N1CCC(N2CCCC(NS(C)(=O)=O)C2)CC1. The second kappa shape index (κ2) is 12.3. The molecule has 2 aromatic rings. The smallest absolute Gasteiger partial charge is 0.272 e. The van der Waals surface area contributed by atoms with Crippen molar-refractivity contribution in [3.05, 3.63) is 51.4 Å². The first kappa shape index (κ1) is 28.0. The van der Waals surface area contributed by atoms with E-state index in [1.807, 2.05) is 24.0 Å². The summed E-state index contributed by atoms with van der Waals surface area (Å²) in [7, 11) is -3.22. The Kier molecular flexibility index (Phi) is 9.29. The molecule has 37 heavy (non-hydrogen) atoms. The summed E-state index contributed by atoms with van der Waals surface area (Å²) in [5.74, 6) is 0.562. The number of carbonyl (C=O) groups is 1. The van der Waals surface area contributed by atoms with Crippen molar-refractivity contribution in [3.8, 4) is 0 Å². The standard InChI is InChI=1S/C25H34Cl2N6O3S/c1-17-23(29-16-30-24(17)28-10-7-18-5-6-21(26)22(27)14-18)25(34)32-12-8-20(9-13-32)33-11-3-4-19(15-33)31-37(2,35)36/h5-6,14,16,19-20,31H,3-4,7-13,15H2,1-2H3,(H,28,29,30). The topological polar surface area (TPSA) is 108 Å². The number of hydrogen-bond donors (Lipinski definition) is 2. The number of likely N-dealkylation sites (tertiary alicyclic amines) is 2. The van der Waals surface area contributed by atoms with E-state index >= 15 is 0 Å². The molecular formula is C25H34Cl2N6O3S. The minimum Gasteiger partial charge on any atom is -0.369 e. The molecule has 2 aliphatic heterocycles. The van der Waals surface area contributed by atoms with Crippen LogP contribution in [0.15, 0.2) is 24.5 Å². The van der Waals surface area contributed by atoms with Gasteiger partial charge in [0.15, 0.2) is 0 Å². The number of rotatable bonds is 8. The summed E-state index contributed by atoms with van der Waals surface area (Å²) in [4.78, 5) is 26.2. The van der Waals surface area contributed by atoms with Gasteiger partial charge >= 0.3 is 0 Å². The highest BCUT2D eigenvalue weighted by molar-refractivity contribution is 7.88. The van der Waals surface area contributed by atoms with E-state index in [-0.39, 0.29) is 11.9 Å². The average molecular weight is 570 g/mol. The summed E-state index contributed by atoms with van der Waals surface area (Å²) in [5.41, 5.74) is 2.20. The fraction of sp³-hybridized carbons (Fsp3) is 0.560. The van der Waals surface area contributed by atoms with Crippen LogP contribution in [0.1, 0.15) is 47.3 Å². The Morgan fingerprint density at radius 1 is 1.11 bits per heavy atom. The van der Waals surface area contributed by atoms with Crippen molar-refractivity contribution in [1.29, 1.82) is 0 Å². The number of nitrogens with zero attached hydrogens (tertiary/aromatic N) is 4. The van der Waals surface area contributed by atoms with E-state index in [1.54, 1.807) is 6.07 Å². The molecule has 0 saturated carbocycles. The molecule has 12 heteroatoms. The fourth-order valence-electron chi connectivity index (χ4n) is 5.19. The number of benzene rings is 1. The number of piperidine rings is 2. The summed E-state index contributed by atoms with van der Waals surface area (Å²) in [6.45, 7) is 5.46. The largest absolute Gasteiger partial charge is 0.369 e. The molecule has 2 N–H and O–H groups in total. The lowest BCUT2D eigenvalue weighted by molar-refractivity contribution is 0.0561. The van der Waals surface area contributed by atoms with Crippen molar-refractivity contribution in [3.63, 3.8) is 0 Å². The Hall–Kier alpha value is -1.98. The number of halogens is 2. The van der Waals surface area contributed by atoms with E-state index in [0.717, 1.165) is 49.8 Å². The molecule has 1 atom stereocenters. The number of anilines is 1. The summed E-state index contributed by atoms with van der Waals surface area (Å²) in [6, 6.07) is 5.87. The first-order valence-electron chi connectivity index (χ1n) is 12.6. The highest BCUT2D eigenvalue weighted by Gasteiger charge is 2.32. The Morgan fingerprint density at radius 2 is 1.86 bits per heavy atom. The van der Waals surface area contributed by atoms with Gasteiger partial charge in [0.1, 0.15) is 17.8 Å². The summed E-state index contributed by atoms with van der Waals surface area (Å²) < 4.78 is 26.0. The molecule has 0 bridgehead atoms. The molecule has 2 saturated heterocycles. The van der Waals surface area contributed by atoms with Crippen molar-refractivity contribution < 1.29 is 13.2 Å². The molecule has 1 aromatic carbocycles. The molecule has 9 nitrogen and oxygen atoms in total. The molecule has 1 aromatic heterocycles. The maximum Gasteiger partial charge on any atom is 0.272 e. The van der Waals surface area contributed by atoms with Gasteiger partial charge in [-0.15, -0.1) is 0 Å². The van der Waals surface area contributed by atoms with Crippen LogP contribution < -0.4 is 10.0 Å². The lowest BCUT2D eigenvalue weighted by atomic mass is 9.98. The van der Waals surface area contributed by atoms with Crippen LogP contribution in [0.4, 0.5) is 5.82 Å². The first-order valence-corrected chi connectivity index (χ1v) is 15.3. The second-order valence-corrected chi connectivity index (χ2v) is 12.5. The third-order valence-electron chi connectivity index (χ3n) is 7.08. The third-order valence-corrected chi connectivity index (χ3v) is 8.58. The number of aromatic nitrogens is 2. The molecule has 3 heterocycles. The molecule has 0 aliphatic carbocycles. The molecule has 1 amide bonds. The highest BCUT2D eigenvalue weighted by Crippen LogP contribution is 2.25. The predicted octanol–water partition coefficient (Wildman–Crippen LogP) is 3.36. The minimum absolute atomic E-state index is 0.0466. The highest BCUT2D eigenvalue weighted by atomic mass is 35.5. The minimum atomic E-state index is -3.22. The number of sulfonamides is 1. The Balaban J connectivity index is 1.31. The molecule has 4 rings (SSSR count). The molecule has 0 spiro atoms. The van der Waals surface area contributed by atoms with Gasteiger partial charge < -0.3 is 10.2 Å². The van der Waals surface area contributed by atoms with Gasteiger partial charge in [-0.1, -0.05) is 29.3 Å². The van der Waals surface area contributed by atoms with Crippen molar-refractivity contribution in [2.24, 2.45) is 0 Å². The van der Waals surface area contributed by atoms with Gasteiger partial charge in [0, 0.05) is 43.8 Å². The predicted molar refractivity (Wildman–Crippen MR) is 147 cm³/mol. The quantitative estimate of drug-likeness (QED) is 0.502. The van der Waals surface area contributed by atoms with Gasteiger partial charge in [-0.05, 0) is 63.3 Å². The maximum atomic E-state index is 13.3. The van der Waals surface area contributed by atoms with Gasteiger partial charge in [-0.3, -0.25) is 9.69 Å². The van der Waals surface area contributed by atoms with E-state index < -0.39 is 10.0 Å². The molecule has 0 radical (unpaired) electrons. The van der Waals surface area contributed by atoms with Crippen LogP contribution in [0.3, 0.4) is 0 Å². The summed E-state index contributed by atoms with van der Waals surface area (Å²) >= 11 is 12.1. The Morgan fingerprint density at radius 3 is 2.57 bits per heavy atom. The summed E-state index contributed by atoms with van der Waals surface area (Å²) in [6.07, 6.45) is 6.91. The lowest BCUT2D eigenvalue weighted by Crippen LogP contribution is -2.53. The Labute approximate surface area is 229 Å². The van der Waals surface area contributed by atoms with Crippen LogP contribution in [-0.4, -0.2) is 85.2 Å². The van der Waals surface area contributed by atoms with E-state index in [2.05, 4.69) is 24.9 Å². The van der Waals surface area contributed by atoms with Crippen LogP contribution in [-0.2, 0) is 16.4 Å². The van der Waals surface area contributed by atoms with Crippen molar-refractivity contribution in [2.75, 3.05) is 44.3 Å². The summed E-state index contributed by atoms with van der Waals surface area (Å²) in [5, 5.41) is 4.37. The first-order chi connectivity index (χ1) is 17.6. The van der Waals surface area contributed by atoms with E-state index in [9.17, 15) is 13.2 Å². The molecule has 1 unspecified atom stereocenters. The maximum absolute atomic E-state index is 13.3. The van der Waals surface area contributed by atoms with Crippen LogP contribution in [0.2, 0.25) is 10.0 Å². The van der Waals surface area contributed by atoms with Crippen LogP contribution in [0, 0.1) is 6.92 Å².